The largest absolute Gasteiger partial charge is 0.308 e. The van der Waals surface area contributed by atoms with Gasteiger partial charge in [0.25, 0.3) is 0 Å². The summed E-state index contributed by atoms with van der Waals surface area (Å²) in [5.74, 6) is 0.206. The topological polar surface area (TPSA) is 41.4 Å². The van der Waals surface area contributed by atoms with Crippen molar-refractivity contribution in [3.63, 3.8) is 0 Å². The van der Waals surface area contributed by atoms with Gasteiger partial charge in [-0.25, -0.2) is 0 Å². The molecule has 1 saturated heterocycles. The van der Waals surface area contributed by atoms with Crippen molar-refractivity contribution in [2.75, 3.05) is 24.5 Å². The second-order valence-corrected chi connectivity index (χ2v) is 6.53. The van der Waals surface area contributed by atoms with E-state index in [-0.39, 0.29) is 11.9 Å². The van der Waals surface area contributed by atoms with Crippen molar-refractivity contribution in [3.05, 3.63) is 22.4 Å². The lowest BCUT2D eigenvalue weighted by Gasteiger charge is -2.31. The third kappa shape index (κ3) is 2.42. The Kier molecular flexibility index (Phi) is 3.69. The van der Waals surface area contributed by atoms with Crippen molar-refractivity contribution in [2.45, 2.75) is 25.8 Å². The minimum atomic E-state index is 0.0101. The van der Waals surface area contributed by atoms with Crippen LogP contribution in [0.3, 0.4) is 0 Å². The molecular weight excluding hydrogens is 320 g/mol. The highest BCUT2D eigenvalue weighted by molar-refractivity contribution is 9.11. The van der Waals surface area contributed by atoms with E-state index in [2.05, 4.69) is 32.9 Å². The van der Waals surface area contributed by atoms with E-state index in [0.29, 0.717) is 0 Å². The summed E-state index contributed by atoms with van der Waals surface area (Å²) in [4.78, 5) is 16.8. The molecule has 3 heterocycles. The molecule has 6 heteroatoms. The van der Waals surface area contributed by atoms with Crippen molar-refractivity contribution in [2.24, 2.45) is 7.05 Å². The van der Waals surface area contributed by atoms with Gasteiger partial charge in [0.2, 0.25) is 5.91 Å². The van der Waals surface area contributed by atoms with Gasteiger partial charge in [0.05, 0.1) is 17.9 Å². The van der Waals surface area contributed by atoms with Crippen LogP contribution in [0.15, 0.2) is 22.4 Å². The smallest absolute Gasteiger partial charge is 0.244 e. The molecule has 5 nitrogen and oxygen atoms in total. The Hall–Kier alpha value is -1.14. The van der Waals surface area contributed by atoms with Gasteiger partial charge in [0, 0.05) is 37.4 Å². The number of amides is 1. The number of hydrogen-bond donors (Lipinski definition) is 0. The number of rotatable bonds is 2. The van der Waals surface area contributed by atoms with E-state index < -0.39 is 0 Å². The molecule has 0 spiro atoms. The fourth-order valence-electron chi connectivity index (χ4n) is 2.91. The van der Waals surface area contributed by atoms with Crippen LogP contribution in [0.25, 0.3) is 0 Å². The monoisotopic (exact) mass is 338 g/mol. The Morgan fingerprint density at radius 3 is 2.85 bits per heavy atom. The maximum atomic E-state index is 12.6. The molecular formula is C14H19BrN4O. The van der Waals surface area contributed by atoms with E-state index in [1.165, 1.54) is 10.1 Å². The third-order valence-corrected chi connectivity index (χ3v) is 5.13. The Morgan fingerprint density at radius 2 is 2.20 bits per heavy atom. The van der Waals surface area contributed by atoms with E-state index in [1.54, 1.807) is 10.9 Å². The van der Waals surface area contributed by atoms with Crippen LogP contribution >= 0.6 is 15.9 Å². The molecule has 1 aromatic rings. The van der Waals surface area contributed by atoms with Crippen LogP contribution in [0.2, 0.25) is 0 Å². The maximum Gasteiger partial charge on any atom is 0.244 e. The van der Waals surface area contributed by atoms with Crippen LogP contribution in [0, 0.1) is 0 Å². The van der Waals surface area contributed by atoms with Gasteiger partial charge in [-0.1, -0.05) is 21.5 Å². The number of carbonyl (C=O) groups excluding carboxylic acids is 1. The molecule has 1 aromatic heterocycles. The molecule has 0 bridgehead atoms. The minimum absolute atomic E-state index is 0.0101. The number of halogens is 1. The zero-order valence-corrected chi connectivity index (χ0v) is 13.4. The number of carbonyl (C=O) groups is 1. The normalized spacial score (nSPS) is 24.9. The van der Waals surface area contributed by atoms with Gasteiger partial charge in [-0.05, 0) is 19.8 Å². The number of aryl methyl sites for hydroxylation is 1. The van der Waals surface area contributed by atoms with E-state index in [1.807, 2.05) is 18.1 Å². The van der Waals surface area contributed by atoms with Gasteiger partial charge in [0.1, 0.15) is 0 Å². The highest BCUT2D eigenvalue weighted by Crippen LogP contribution is 2.29. The highest BCUT2D eigenvalue weighted by atomic mass is 79.9. The summed E-state index contributed by atoms with van der Waals surface area (Å²) >= 11 is 3.62. The summed E-state index contributed by atoms with van der Waals surface area (Å²) in [5.41, 5.74) is 2.30. The maximum absolute atomic E-state index is 12.6. The zero-order valence-electron chi connectivity index (χ0n) is 11.8. The molecule has 1 unspecified atom stereocenters. The molecule has 0 radical (unpaired) electrons. The molecule has 1 amide bonds. The summed E-state index contributed by atoms with van der Waals surface area (Å²) < 4.78 is 2.97. The van der Waals surface area contributed by atoms with Gasteiger partial charge in [-0.3, -0.25) is 14.4 Å². The van der Waals surface area contributed by atoms with Crippen molar-refractivity contribution >= 4 is 27.5 Å². The van der Waals surface area contributed by atoms with Crippen LogP contribution in [0.4, 0.5) is 5.69 Å². The predicted molar refractivity (Wildman–Crippen MR) is 81.8 cm³/mol. The Labute approximate surface area is 127 Å². The summed E-state index contributed by atoms with van der Waals surface area (Å²) in [5, 5.41) is 4.15. The van der Waals surface area contributed by atoms with Crippen molar-refractivity contribution in [3.8, 4) is 0 Å². The first-order valence-electron chi connectivity index (χ1n) is 6.94. The van der Waals surface area contributed by atoms with Gasteiger partial charge in [-0.2, -0.15) is 5.10 Å². The molecule has 0 aromatic carbocycles. The summed E-state index contributed by atoms with van der Waals surface area (Å²) in [6, 6.07) is 0.0101. The van der Waals surface area contributed by atoms with Crippen LogP contribution in [0.1, 0.15) is 19.8 Å². The molecule has 108 valence electrons. The Balaban J connectivity index is 1.73. The lowest BCUT2D eigenvalue weighted by molar-refractivity contribution is -0.121. The average Bonchev–Trinajstić information content (AvgIpc) is 2.99. The fraction of sp³-hybridized carbons (Fsp3) is 0.571. The molecule has 2 aliphatic rings. The summed E-state index contributed by atoms with van der Waals surface area (Å²) in [6.45, 7) is 4.76. The van der Waals surface area contributed by atoms with Crippen LogP contribution in [0.5, 0.6) is 0 Å². The number of hydrogen-bond acceptors (Lipinski definition) is 3. The van der Waals surface area contributed by atoms with Crippen molar-refractivity contribution in [1.82, 2.24) is 14.7 Å². The average molecular weight is 339 g/mol. The quantitative estimate of drug-likeness (QED) is 0.826. The lowest BCUT2D eigenvalue weighted by Crippen LogP contribution is -2.44. The van der Waals surface area contributed by atoms with Gasteiger partial charge in [-0.15, -0.1) is 0 Å². The van der Waals surface area contributed by atoms with Crippen LogP contribution in [-0.4, -0.2) is 46.3 Å². The van der Waals surface area contributed by atoms with Crippen LogP contribution in [-0.2, 0) is 11.8 Å². The number of anilines is 1. The molecule has 3 rings (SSSR count). The molecule has 1 atom stereocenters. The molecule has 0 N–H and O–H groups in total. The molecule has 2 aliphatic heterocycles. The molecule has 0 saturated carbocycles. The van der Waals surface area contributed by atoms with Gasteiger partial charge < -0.3 is 4.90 Å². The fourth-order valence-corrected chi connectivity index (χ4v) is 3.43. The van der Waals surface area contributed by atoms with Gasteiger partial charge >= 0.3 is 0 Å². The lowest BCUT2D eigenvalue weighted by atomic mass is 10.1. The first kappa shape index (κ1) is 13.8. The van der Waals surface area contributed by atoms with Crippen LogP contribution < -0.4 is 4.90 Å². The first-order valence-corrected chi connectivity index (χ1v) is 7.74. The molecule has 1 fully saturated rings. The van der Waals surface area contributed by atoms with E-state index in [9.17, 15) is 4.79 Å². The van der Waals surface area contributed by atoms with Crippen molar-refractivity contribution < 1.29 is 4.79 Å². The minimum Gasteiger partial charge on any atom is -0.308 e. The summed E-state index contributed by atoms with van der Waals surface area (Å²) in [6.07, 6.45) is 5.59. The number of nitrogens with zero attached hydrogens (tertiary/aromatic N) is 4. The Bertz CT molecular complexity index is 565. The van der Waals surface area contributed by atoms with E-state index >= 15 is 0 Å². The second kappa shape index (κ2) is 5.33. The highest BCUT2D eigenvalue weighted by Gasteiger charge is 2.37. The molecule has 0 aliphatic carbocycles. The second-order valence-electron chi connectivity index (χ2n) is 5.57. The Morgan fingerprint density at radius 1 is 1.40 bits per heavy atom. The zero-order chi connectivity index (χ0) is 14.3. The SMILES string of the molecule is CC1=C(Br)CN(C2CCN(c3cnn(C)c3)C2=O)CC1. The van der Waals surface area contributed by atoms with E-state index in [4.69, 9.17) is 0 Å². The molecule has 20 heavy (non-hydrogen) atoms. The third-order valence-electron chi connectivity index (χ3n) is 4.20. The summed E-state index contributed by atoms with van der Waals surface area (Å²) in [7, 11) is 1.87. The first-order chi connectivity index (χ1) is 9.56. The van der Waals surface area contributed by atoms with Gasteiger partial charge in [0.15, 0.2) is 0 Å². The predicted octanol–water partition coefficient (Wildman–Crippen LogP) is 1.90. The number of aromatic nitrogens is 2. The standard InChI is InChI=1S/C14H19BrN4O/c1-10-3-5-18(9-12(10)15)13-4-6-19(14(13)20)11-7-16-17(2)8-11/h7-8,13H,3-6,9H2,1-2H3. The van der Waals surface area contributed by atoms with Crippen molar-refractivity contribution in [1.29, 1.82) is 0 Å². The van der Waals surface area contributed by atoms with E-state index in [0.717, 1.165) is 38.2 Å².